The Labute approximate surface area is 240 Å². The predicted molar refractivity (Wildman–Crippen MR) is 148 cm³/mol. The van der Waals surface area contributed by atoms with Crippen molar-refractivity contribution in [3.05, 3.63) is 83.3 Å². The molecule has 0 aliphatic rings. The van der Waals surface area contributed by atoms with Gasteiger partial charge in [-0.15, -0.1) is 5.10 Å². The van der Waals surface area contributed by atoms with Gasteiger partial charge in [0.1, 0.15) is 17.0 Å². The van der Waals surface area contributed by atoms with Crippen molar-refractivity contribution in [3.63, 3.8) is 0 Å². The maximum Gasteiger partial charge on any atom is 0.416 e. The summed E-state index contributed by atoms with van der Waals surface area (Å²) in [6, 6.07) is 11.2. The molecule has 0 aliphatic carbocycles. The third kappa shape index (κ3) is 7.47. The highest BCUT2D eigenvalue weighted by Crippen LogP contribution is 2.34. The highest BCUT2D eigenvalue weighted by molar-refractivity contribution is 5.92. The molecule has 2 amide bonds. The van der Waals surface area contributed by atoms with Crippen molar-refractivity contribution in [2.45, 2.75) is 52.1 Å². The SMILES string of the molecule is C[C@@H](NC(=O)c1ccnc(-c2cnnn2C)n1)c1ccc(-c2cc(C(F)(F)F)ccc2CNC(=O)OC(C)(C)C)cc1. The minimum atomic E-state index is -4.54. The van der Waals surface area contributed by atoms with Gasteiger partial charge in [-0.25, -0.2) is 19.4 Å². The van der Waals surface area contributed by atoms with Crippen LogP contribution in [0.15, 0.2) is 60.9 Å². The zero-order chi connectivity index (χ0) is 30.7. The van der Waals surface area contributed by atoms with Crippen LogP contribution in [0.3, 0.4) is 0 Å². The minimum Gasteiger partial charge on any atom is -0.444 e. The standard InChI is InChI=1S/C29H30F3N7O3/c1-17(36-26(40)23-12-13-33-25(37-23)24-16-35-38-39(24)5)18-6-8-19(9-7-18)22-14-21(29(30,31)32)11-10-20(22)15-34-27(41)42-28(2,3)4/h6-14,16-17H,15H2,1-5H3,(H,34,41)(H,36,40)/t17-/m1/s1. The number of hydrogen-bond donors (Lipinski definition) is 2. The Kier molecular flexibility index (Phi) is 8.59. The van der Waals surface area contributed by atoms with E-state index in [1.165, 1.54) is 29.2 Å². The average molecular weight is 582 g/mol. The zero-order valence-electron chi connectivity index (χ0n) is 23.7. The second-order valence-corrected chi connectivity index (χ2v) is 10.6. The molecule has 0 fully saturated rings. The molecule has 2 aromatic carbocycles. The lowest BCUT2D eigenvalue weighted by Crippen LogP contribution is -2.32. The summed E-state index contributed by atoms with van der Waals surface area (Å²) in [6.07, 6.45) is -2.27. The Morgan fingerprint density at radius 2 is 1.76 bits per heavy atom. The van der Waals surface area contributed by atoms with Crippen molar-refractivity contribution in [1.29, 1.82) is 0 Å². The fourth-order valence-electron chi connectivity index (χ4n) is 4.06. The van der Waals surface area contributed by atoms with Gasteiger partial charge in [0.25, 0.3) is 5.91 Å². The van der Waals surface area contributed by atoms with Gasteiger partial charge in [-0.3, -0.25) is 4.79 Å². The summed E-state index contributed by atoms with van der Waals surface area (Å²) in [7, 11) is 1.68. The summed E-state index contributed by atoms with van der Waals surface area (Å²) in [5, 5.41) is 13.1. The first-order valence-corrected chi connectivity index (χ1v) is 13.0. The fourth-order valence-corrected chi connectivity index (χ4v) is 4.06. The second kappa shape index (κ2) is 12.0. The average Bonchev–Trinajstić information content (AvgIpc) is 3.36. The number of nitrogens with one attached hydrogen (secondary N) is 2. The normalized spacial score (nSPS) is 12.5. The number of alkyl halides is 3. The van der Waals surface area contributed by atoms with Gasteiger partial charge < -0.3 is 15.4 Å². The third-order valence-corrected chi connectivity index (χ3v) is 6.16. The van der Waals surface area contributed by atoms with Gasteiger partial charge >= 0.3 is 12.3 Å². The van der Waals surface area contributed by atoms with Crippen LogP contribution in [0.4, 0.5) is 18.0 Å². The molecule has 220 valence electrons. The molecule has 2 heterocycles. The Balaban J connectivity index is 1.52. The number of carbonyl (C=O) groups is 2. The number of carbonyl (C=O) groups excluding carboxylic acids is 2. The van der Waals surface area contributed by atoms with Crippen LogP contribution in [0.1, 0.15) is 60.9 Å². The van der Waals surface area contributed by atoms with Crippen molar-refractivity contribution in [1.82, 2.24) is 35.6 Å². The maximum atomic E-state index is 13.5. The first kappa shape index (κ1) is 30.2. The molecule has 2 N–H and O–H groups in total. The molecule has 0 saturated carbocycles. The molecule has 42 heavy (non-hydrogen) atoms. The highest BCUT2D eigenvalue weighted by Gasteiger charge is 2.31. The van der Waals surface area contributed by atoms with Crippen molar-refractivity contribution >= 4 is 12.0 Å². The van der Waals surface area contributed by atoms with E-state index in [-0.39, 0.29) is 12.2 Å². The Morgan fingerprint density at radius 3 is 2.38 bits per heavy atom. The number of aromatic nitrogens is 5. The van der Waals surface area contributed by atoms with Crippen molar-refractivity contribution < 1.29 is 27.5 Å². The van der Waals surface area contributed by atoms with Crippen LogP contribution in [0.2, 0.25) is 0 Å². The topological polar surface area (TPSA) is 124 Å². The molecule has 0 radical (unpaired) electrons. The summed E-state index contributed by atoms with van der Waals surface area (Å²) >= 11 is 0. The lowest BCUT2D eigenvalue weighted by molar-refractivity contribution is -0.137. The molecule has 0 bridgehead atoms. The van der Waals surface area contributed by atoms with Crippen molar-refractivity contribution in [3.8, 4) is 22.6 Å². The second-order valence-electron chi connectivity index (χ2n) is 10.6. The zero-order valence-corrected chi connectivity index (χ0v) is 23.7. The molecular weight excluding hydrogens is 551 g/mol. The molecule has 1 atom stereocenters. The summed E-state index contributed by atoms with van der Waals surface area (Å²) < 4.78 is 47.3. The van der Waals surface area contributed by atoms with Crippen LogP contribution in [0.25, 0.3) is 22.6 Å². The van der Waals surface area contributed by atoms with E-state index in [0.717, 1.165) is 17.7 Å². The number of halogens is 3. The lowest BCUT2D eigenvalue weighted by Gasteiger charge is -2.20. The lowest BCUT2D eigenvalue weighted by atomic mass is 9.95. The molecule has 4 aromatic rings. The van der Waals surface area contributed by atoms with Crippen LogP contribution in [-0.2, 0) is 24.5 Å². The van der Waals surface area contributed by atoms with Gasteiger partial charge in [0.2, 0.25) is 0 Å². The molecular formula is C29H30F3N7O3. The molecule has 0 spiro atoms. The molecule has 0 saturated heterocycles. The fraction of sp³-hybridized carbons (Fsp3) is 0.310. The Morgan fingerprint density at radius 1 is 1.05 bits per heavy atom. The van der Waals surface area contributed by atoms with E-state index in [1.807, 2.05) is 0 Å². The summed E-state index contributed by atoms with van der Waals surface area (Å²) in [4.78, 5) is 33.6. The van der Waals surface area contributed by atoms with Crippen LogP contribution in [0.5, 0.6) is 0 Å². The van der Waals surface area contributed by atoms with Gasteiger partial charge in [0.05, 0.1) is 17.8 Å². The van der Waals surface area contributed by atoms with Gasteiger partial charge in [-0.05, 0) is 68.1 Å². The van der Waals surface area contributed by atoms with Gasteiger partial charge in [-0.2, -0.15) is 13.2 Å². The number of amides is 2. The predicted octanol–water partition coefficient (Wildman–Crippen LogP) is 5.47. The third-order valence-electron chi connectivity index (χ3n) is 6.16. The smallest absolute Gasteiger partial charge is 0.416 e. The first-order valence-electron chi connectivity index (χ1n) is 13.0. The summed E-state index contributed by atoms with van der Waals surface area (Å²) in [5.74, 6) is -0.135. The molecule has 13 heteroatoms. The number of nitrogens with zero attached hydrogens (tertiary/aromatic N) is 5. The van der Waals surface area contributed by atoms with Crippen molar-refractivity contribution in [2.75, 3.05) is 0 Å². The number of rotatable bonds is 7. The highest BCUT2D eigenvalue weighted by atomic mass is 19.4. The molecule has 2 aromatic heterocycles. The van der Waals surface area contributed by atoms with E-state index >= 15 is 0 Å². The van der Waals surface area contributed by atoms with E-state index in [4.69, 9.17) is 4.74 Å². The summed E-state index contributed by atoms with van der Waals surface area (Å²) in [5.41, 5.74) is 1.18. The largest absolute Gasteiger partial charge is 0.444 e. The van der Waals surface area contributed by atoms with E-state index in [9.17, 15) is 22.8 Å². The number of hydrogen-bond acceptors (Lipinski definition) is 7. The van der Waals surface area contributed by atoms with Crippen molar-refractivity contribution in [2.24, 2.45) is 7.05 Å². The molecule has 4 rings (SSSR count). The number of benzene rings is 2. The Bertz CT molecular complexity index is 1580. The molecule has 0 unspecified atom stereocenters. The number of aryl methyl sites for hydroxylation is 1. The monoisotopic (exact) mass is 581 g/mol. The molecule has 0 aliphatic heterocycles. The first-order chi connectivity index (χ1) is 19.7. The van der Waals surface area contributed by atoms with Crippen LogP contribution in [0, 0.1) is 0 Å². The van der Waals surface area contributed by atoms with E-state index in [1.54, 1.807) is 59.0 Å². The van der Waals surface area contributed by atoms with Crippen LogP contribution >= 0.6 is 0 Å². The van der Waals surface area contributed by atoms with E-state index in [2.05, 4.69) is 30.9 Å². The number of alkyl carbamates (subject to hydrolysis) is 1. The van der Waals surface area contributed by atoms with Gasteiger partial charge in [0.15, 0.2) is 5.82 Å². The Hall–Kier alpha value is -4.81. The van der Waals surface area contributed by atoms with Gasteiger partial charge in [-0.1, -0.05) is 35.5 Å². The quantitative estimate of drug-likeness (QED) is 0.297. The van der Waals surface area contributed by atoms with E-state index in [0.29, 0.717) is 28.2 Å². The molecule has 10 nitrogen and oxygen atoms in total. The van der Waals surface area contributed by atoms with Gasteiger partial charge in [0, 0.05) is 19.8 Å². The summed E-state index contributed by atoms with van der Waals surface area (Å²) in [6.45, 7) is 6.89. The number of ether oxygens (including phenoxy) is 1. The minimum absolute atomic E-state index is 0.0353. The maximum absolute atomic E-state index is 13.5. The van der Waals surface area contributed by atoms with Crippen LogP contribution < -0.4 is 10.6 Å². The van der Waals surface area contributed by atoms with E-state index < -0.39 is 35.4 Å². The van der Waals surface area contributed by atoms with Crippen LogP contribution in [-0.4, -0.2) is 42.6 Å².